The molecule has 28 heavy (non-hydrogen) atoms. The molecule has 0 saturated heterocycles. The molecule has 2 N–H and O–H groups in total. The molecule has 0 fully saturated rings. The lowest BCUT2D eigenvalue weighted by Crippen LogP contribution is -2.42. The fraction of sp³-hybridized carbons (Fsp3) is 0.455. The molecule has 0 aliphatic carbocycles. The van der Waals surface area contributed by atoms with Gasteiger partial charge in [-0.05, 0) is 86.2 Å². The summed E-state index contributed by atoms with van der Waals surface area (Å²) in [6, 6.07) is 9.15. The van der Waals surface area contributed by atoms with Gasteiger partial charge in [0.1, 0.15) is 41.4 Å². The zero-order valence-corrected chi connectivity index (χ0v) is 15.7. The molecule has 4 rings (SSSR count). The van der Waals surface area contributed by atoms with E-state index in [1.54, 1.807) is 12.1 Å². The summed E-state index contributed by atoms with van der Waals surface area (Å²) in [5.74, 6) is 0.931. The second-order valence-corrected chi connectivity index (χ2v) is 7.54. The second kappa shape index (κ2) is 8.45. The van der Waals surface area contributed by atoms with E-state index in [2.05, 4.69) is 5.32 Å². The van der Waals surface area contributed by atoms with Crippen molar-refractivity contribution in [2.45, 2.75) is 50.4 Å². The monoisotopic (exact) mass is 389 g/mol. The number of hydrogen-bond donors (Lipinski definition) is 2. The summed E-state index contributed by atoms with van der Waals surface area (Å²) in [6.07, 6.45) is 3.03. The molecular weight excluding hydrogens is 364 g/mol. The van der Waals surface area contributed by atoms with Crippen LogP contribution in [0.15, 0.2) is 36.4 Å². The van der Waals surface area contributed by atoms with Crippen molar-refractivity contribution < 1.29 is 23.4 Å². The van der Waals surface area contributed by atoms with Crippen LogP contribution >= 0.6 is 0 Å². The molecule has 0 radical (unpaired) electrons. The number of halogens is 2. The molecule has 2 aliphatic heterocycles. The van der Waals surface area contributed by atoms with Crippen LogP contribution in [0.3, 0.4) is 0 Å². The third-order valence-electron chi connectivity index (χ3n) is 5.48. The Morgan fingerprint density at radius 2 is 1.61 bits per heavy atom. The van der Waals surface area contributed by atoms with Crippen LogP contribution in [0.1, 0.15) is 30.4 Å². The lowest BCUT2D eigenvalue weighted by Gasteiger charge is -2.30. The van der Waals surface area contributed by atoms with Crippen molar-refractivity contribution in [3.8, 4) is 11.5 Å². The van der Waals surface area contributed by atoms with Gasteiger partial charge in [-0.25, -0.2) is 8.78 Å². The summed E-state index contributed by atoms with van der Waals surface area (Å²) in [4.78, 5) is 0. The molecule has 2 aromatic rings. The first-order chi connectivity index (χ1) is 13.6. The van der Waals surface area contributed by atoms with Crippen LogP contribution in [-0.2, 0) is 12.8 Å². The fourth-order valence-corrected chi connectivity index (χ4v) is 3.91. The molecule has 4 nitrogen and oxygen atoms in total. The molecule has 0 bridgehead atoms. The average Bonchev–Trinajstić information content (AvgIpc) is 2.70. The third-order valence-corrected chi connectivity index (χ3v) is 5.48. The van der Waals surface area contributed by atoms with Gasteiger partial charge >= 0.3 is 0 Å². The van der Waals surface area contributed by atoms with Crippen LogP contribution < -0.4 is 14.8 Å². The maximum atomic E-state index is 13.3. The van der Waals surface area contributed by atoms with Crippen molar-refractivity contribution in [2.24, 2.45) is 0 Å². The quantitative estimate of drug-likeness (QED) is 0.744. The van der Waals surface area contributed by atoms with Crippen molar-refractivity contribution in [1.82, 2.24) is 5.32 Å². The van der Waals surface area contributed by atoms with Crippen LogP contribution in [0.4, 0.5) is 8.78 Å². The molecule has 2 heterocycles. The minimum atomic E-state index is -0.630. The molecule has 0 saturated carbocycles. The fourth-order valence-electron chi connectivity index (χ4n) is 3.91. The summed E-state index contributed by atoms with van der Waals surface area (Å²) in [5, 5.41) is 13.7. The minimum Gasteiger partial charge on any atom is -0.490 e. The molecule has 150 valence electrons. The van der Waals surface area contributed by atoms with E-state index in [0.29, 0.717) is 31.7 Å². The molecule has 0 amide bonds. The van der Waals surface area contributed by atoms with E-state index in [4.69, 9.17) is 9.47 Å². The Kier molecular flexibility index (Phi) is 5.78. The molecule has 0 unspecified atom stereocenters. The Labute approximate surface area is 163 Å². The van der Waals surface area contributed by atoms with E-state index < -0.39 is 6.10 Å². The molecular formula is C22H25F2NO3. The second-order valence-electron chi connectivity index (χ2n) is 7.54. The molecule has 2 aliphatic rings. The van der Waals surface area contributed by atoms with Crippen LogP contribution in [0.25, 0.3) is 0 Å². The highest BCUT2D eigenvalue weighted by atomic mass is 19.1. The summed E-state index contributed by atoms with van der Waals surface area (Å²) in [6.45, 7) is 1.14. The first kappa shape index (κ1) is 19.2. The smallest absolute Gasteiger partial charge is 0.126 e. The van der Waals surface area contributed by atoms with Gasteiger partial charge in [0.05, 0.1) is 0 Å². The molecule has 3 atom stereocenters. The number of fused-ring (bicyclic) bond motifs is 2. The first-order valence-corrected chi connectivity index (χ1v) is 9.87. The topological polar surface area (TPSA) is 50.7 Å². The Hall–Kier alpha value is -2.18. The van der Waals surface area contributed by atoms with Crippen molar-refractivity contribution in [3.63, 3.8) is 0 Å². The maximum Gasteiger partial charge on any atom is 0.126 e. The lowest BCUT2D eigenvalue weighted by molar-refractivity contribution is 0.0240. The number of ether oxygens (including phenoxy) is 2. The van der Waals surface area contributed by atoms with E-state index in [-0.39, 0.29) is 23.8 Å². The van der Waals surface area contributed by atoms with E-state index in [1.807, 2.05) is 0 Å². The Morgan fingerprint density at radius 1 is 0.964 bits per heavy atom. The van der Waals surface area contributed by atoms with E-state index >= 15 is 0 Å². The minimum absolute atomic E-state index is 0.0929. The Morgan fingerprint density at radius 3 is 2.32 bits per heavy atom. The number of benzene rings is 2. The predicted octanol–water partition coefficient (Wildman–Crippen LogP) is 3.39. The standard InChI is InChI=1S/C22H25F2NO3/c23-16-3-7-20-14(11-16)1-5-18(27-20)9-10-25-13-19(26)22-6-2-15-12-17(24)4-8-21(15)28-22/h3-4,7-8,11-12,18-19,22,25-26H,1-2,5-6,9-10,13H2/t18-,19-,22+/m0/s1. The SMILES string of the molecule is O[C@@H](CNCC[C@@H]1CCc2cc(F)ccc2O1)[C@H]1CCc2cc(F)ccc2O1. The molecule has 0 spiro atoms. The van der Waals surface area contributed by atoms with Crippen molar-refractivity contribution >= 4 is 0 Å². The number of hydrogen-bond acceptors (Lipinski definition) is 4. The largest absolute Gasteiger partial charge is 0.490 e. The Balaban J connectivity index is 1.20. The highest BCUT2D eigenvalue weighted by Gasteiger charge is 2.26. The molecule has 2 aromatic carbocycles. The summed E-state index contributed by atoms with van der Waals surface area (Å²) >= 11 is 0. The normalized spacial score (nSPS) is 21.8. The number of aliphatic hydroxyl groups excluding tert-OH is 1. The number of nitrogens with one attached hydrogen (secondary N) is 1. The van der Waals surface area contributed by atoms with Gasteiger partial charge in [0.15, 0.2) is 0 Å². The summed E-state index contributed by atoms with van der Waals surface area (Å²) < 4.78 is 38.3. The van der Waals surface area contributed by atoms with Gasteiger partial charge in [0, 0.05) is 6.54 Å². The van der Waals surface area contributed by atoms with Gasteiger partial charge in [-0.3, -0.25) is 0 Å². The van der Waals surface area contributed by atoms with Gasteiger partial charge in [-0.2, -0.15) is 0 Å². The lowest BCUT2D eigenvalue weighted by atomic mass is 9.98. The molecule has 0 aromatic heterocycles. The van der Waals surface area contributed by atoms with Crippen LogP contribution in [0, 0.1) is 11.6 Å². The van der Waals surface area contributed by atoms with Crippen molar-refractivity contribution in [1.29, 1.82) is 0 Å². The van der Waals surface area contributed by atoms with Crippen molar-refractivity contribution in [2.75, 3.05) is 13.1 Å². The van der Waals surface area contributed by atoms with E-state index in [1.165, 1.54) is 24.3 Å². The first-order valence-electron chi connectivity index (χ1n) is 9.87. The van der Waals surface area contributed by atoms with Crippen LogP contribution in [0.5, 0.6) is 11.5 Å². The summed E-state index contributed by atoms with van der Waals surface area (Å²) in [7, 11) is 0. The van der Waals surface area contributed by atoms with Crippen LogP contribution in [-0.4, -0.2) is 36.5 Å². The zero-order valence-electron chi connectivity index (χ0n) is 15.7. The van der Waals surface area contributed by atoms with Crippen molar-refractivity contribution in [3.05, 3.63) is 59.2 Å². The van der Waals surface area contributed by atoms with E-state index in [0.717, 1.165) is 36.1 Å². The highest BCUT2D eigenvalue weighted by molar-refractivity contribution is 5.36. The number of aryl methyl sites for hydroxylation is 2. The summed E-state index contributed by atoms with van der Waals surface area (Å²) in [5.41, 5.74) is 1.78. The van der Waals surface area contributed by atoms with Crippen LogP contribution in [0.2, 0.25) is 0 Å². The van der Waals surface area contributed by atoms with E-state index in [9.17, 15) is 13.9 Å². The molecule has 6 heteroatoms. The highest BCUT2D eigenvalue weighted by Crippen LogP contribution is 2.30. The van der Waals surface area contributed by atoms with Gasteiger partial charge in [-0.15, -0.1) is 0 Å². The Bertz CT molecular complexity index is 829. The number of rotatable bonds is 6. The third kappa shape index (κ3) is 4.45. The van der Waals surface area contributed by atoms with Gasteiger partial charge < -0.3 is 19.9 Å². The maximum absolute atomic E-state index is 13.3. The zero-order chi connectivity index (χ0) is 19.5. The average molecular weight is 389 g/mol. The van der Waals surface area contributed by atoms with Gasteiger partial charge in [0.25, 0.3) is 0 Å². The van der Waals surface area contributed by atoms with Gasteiger partial charge in [0.2, 0.25) is 0 Å². The number of aliphatic hydroxyl groups is 1. The van der Waals surface area contributed by atoms with Gasteiger partial charge in [-0.1, -0.05) is 0 Å². The predicted molar refractivity (Wildman–Crippen MR) is 102 cm³/mol.